The van der Waals surface area contributed by atoms with Crippen LogP contribution < -0.4 is 21.4 Å². The molecule has 0 amide bonds. The molecule has 1 saturated carbocycles. The maximum atomic E-state index is 12.8. The van der Waals surface area contributed by atoms with Crippen LogP contribution in [0.5, 0.6) is 5.75 Å². The van der Waals surface area contributed by atoms with E-state index in [0.29, 0.717) is 11.3 Å². The molecular formula is C23H26N4O5. The van der Waals surface area contributed by atoms with Gasteiger partial charge in [0.25, 0.3) is 0 Å². The molecular weight excluding hydrogens is 412 g/mol. The fraction of sp³-hybridized carbons (Fsp3) is 0.391. The Bertz CT molecular complexity index is 1390. The third-order valence-corrected chi connectivity index (χ3v) is 6.41. The first-order chi connectivity index (χ1) is 15.2. The highest BCUT2D eigenvalue weighted by Gasteiger charge is 2.22. The van der Waals surface area contributed by atoms with Crippen molar-refractivity contribution in [1.82, 2.24) is 20.2 Å². The van der Waals surface area contributed by atoms with Crippen LogP contribution in [-0.4, -0.2) is 57.2 Å². The number of fused-ring (bicyclic) bond motifs is 2. The molecule has 4 N–H and O–H groups in total. The maximum Gasteiger partial charge on any atom is 0.337 e. The van der Waals surface area contributed by atoms with Gasteiger partial charge in [0.1, 0.15) is 22.3 Å². The van der Waals surface area contributed by atoms with Gasteiger partial charge in [-0.15, -0.1) is 0 Å². The summed E-state index contributed by atoms with van der Waals surface area (Å²) in [6.07, 6.45) is 5.68. The van der Waals surface area contributed by atoms with E-state index in [1.165, 1.54) is 13.0 Å². The Morgan fingerprint density at radius 1 is 1.16 bits per heavy atom. The van der Waals surface area contributed by atoms with Gasteiger partial charge >= 0.3 is 5.97 Å². The van der Waals surface area contributed by atoms with Gasteiger partial charge in [0.05, 0.1) is 16.3 Å². The first-order valence-corrected chi connectivity index (χ1v) is 10.6. The van der Waals surface area contributed by atoms with Gasteiger partial charge < -0.3 is 25.4 Å². The predicted octanol–water partition coefficient (Wildman–Crippen LogP) is 1.07. The molecule has 1 fully saturated rings. The second kappa shape index (κ2) is 8.23. The Labute approximate surface area is 183 Å². The number of phenols is 1. The van der Waals surface area contributed by atoms with E-state index in [9.17, 15) is 24.6 Å². The molecule has 0 radical (unpaired) electrons. The zero-order valence-corrected chi connectivity index (χ0v) is 18.2. The van der Waals surface area contributed by atoms with Gasteiger partial charge in [0, 0.05) is 23.8 Å². The van der Waals surface area contributed by atoms with Gasteiger partial charge in [-0.05, 0) is 58.8 Å². The molecule has 32 heavy (non-hydrogen) atoms. The van der Waals surface area contributed by atoms with E-state index >= 15 is 0 Å². The monoisotopic (exact) mass is 438 g/mol. The van der Waals surface area contributed by atoms with Gasteiger partial charge in [0.15, 0.2) is 0 Å². The number of carboxylic acid groups (broad SMARTS) is 1. The predicted molar refractivity (Wildman–Crippen MR) is 122 cm³/mol. The number of aromatic nitrogens is 2. The number of rotatable bonds is 4. The van der Waals surface area contributed by atoms with Crippen molar-refractivity contribution in [2.45, 2.75) is 44.7 Å². The van der Waals surface area contributed by atoms with E-state index in [1.807, 2.05) is 0 Å². The van der Waals surface area contributed by atoms with Gasteiger partial charge in [0.2, 0.25) is 10.9 Å². The van der Waals surface area contributed by atoms with Crippen molar-refractivity contribution >= 4 is 34.2 Å². The molecule has 0 bridgehead atoms. The summed E-state index contributed by atoms with van der Waals surface area (Å²) in [6, 6.07) is 3.08. The lowest BCUT2D eigenvalue weighted by Gasteiger charge is -2.32. The van der Waals surface area contributed by atoms with Crippen molar-refractivity contribution in [3.8, 4) is 5.75 Å². The summed E-state index contributed by atoms with van der Waals surface area (Å²) in [6.45, 7) is 1.50. The summed E-state index contributed by atoms with van der Waals surface area (Å²) in [5, 5.41) is 23.8. The molecule has 2 aromatic carbocycles. The number of hydrogen-bond acceptors (Lipinski definition) is 7. The van der Waals surface area contributed by atoms with E-state index in [1.54, 1.807) is 6.20 Å². The van der Waals surface area contributed by atoms with Crippen molar-refractivity contribution in [3.05, 3.63) is 48.9 Å². The van der Waals surface area contributed by atoms with Crippen LogP contribution in [0, 0.1) is 6.92 Å². The van der Waals surface area contributed by atoms with Gasteiger partial charge in [-0.25, -0.2) is 9.78 Å². The zero-order valence-electron chi connectivity index (χ0n) is 18.2. The minimum absolute atomic E-state index is 0.0133. The van der Waals surface area contributed by atoms with Crippen LogP contribution >= 0.6 is 0 Å². The molecule has 0 saturated heterocycles. The maximum absolute atomic E-state index is 12.8. The average Bonchev–Trinajstić information content (AvgIpc) is 2.77. The quantitative estimate of drug-likeness (QED) is 0.444. The topological polar surface area (TPSA) is 136 Å². The third kappa shape index (κ3) is 3.69. The van der Waals surface area contributed by atoms with E-state index in [0.717, 1.165) is 31.7 Å². The number of aromatic amines is 1. The SMILES string of the molecule is Cc1c(O)/c(=C\NC2CCC(N(C)C)CC2)c2nc3c(=O)ccc(C(=O)O)c3[nH]c2c1=O. The van der Waals surface area contributed by atoms with Gasteiger partial charge in [-0.1, -0.05) is 0 Å². The Morgan fingerprint density at radius 2 is 1.84 bits per heavy atom. The molecule has 1 aromatic heterocycles. The van der Waals surface area contributed by atoms with Crippen LogP contribution in [0.1, 0.15) is 41.6 Å². The van der Waals surface area contributed by atoms with Crippen LogP contribution in [-0.2, 0) is 0 Å². The lowest BCUT2D eigenvalue weighted by atomic mass is 9.90. The smallest absolute Gasteiger partial charge is 0.337 e. The zero-order chi connectivity index (χ0) is 23.2. The summed E-state index contributed by atoms with van der Waals surface area (Å²) in [5.41, 5.74) is -0.943. The van der Waals surface area contributed by atoms with Gasteiger partial charge in [-0.3, -0.25) is 9.59 Å². The Hall–Kier alpha value is -3.46. The van der Waals surface area contributed by atoms with Crippen LogP contribution in [0.4, 0.5) is 0 Å². The van der Waals surface area contributed by atoms with Crippen LogP contribution in [0.15, 0.2) is 21.7 Å². The molecule has 1 aliphatic carbocycles. The van der Waals surface area contributed by atoms with Crippen molar-refractivity contribution in [2.24, 2.45) is 0 Å². The molecule has 0 spiro atoms. The minimum Gasteiger partial charge on any atom is -0.507 e. The average molecular weight is 438 g/mol. The second-order valence-corrected chi connectivity index (χ2v) is 8.60. The number of nitrogens with zero attached hydrogens (tertiary/aromatic N) is 2. The summed E-state index contributed by atoms with van der Waals surface area (Å²) in [7, 11) is 4.16. The van der Waals surface area contributed by atoms with E-state index < -0.39 is 16.8 Å². The minimum atomic E-state index is -1.24. The number of phenolic OH excluding ortho intramolecular Hbond substituents is 1. The van der Waals surface area contributed by atoms with Crippen molar-refractivity contribution in [3.63, 3.8) is 0 Å². The highest BCUT2D eigenvalue weighted by molar-refractivity contribution is 6.02. The number of hydrogen-bond donors (Lipinski definition) is 4. The Kier molecular flexibility index (Phi) is 5.60. The number of aromatic carboxylic acids is 1. The largest absolute Gasteiger partial charge is 0.507 e. The molecule has 1 aliphatic rings. The summed E-state index contributed by atoms with van der Waals surface area (Å²) in [4.78, 5) is 46.2. The van der Waals surface area contributed by atoms with Gasteiger partial charge in [-0.2, -0.15) is 0 Å². The summed E-state index contributed by atoms with van der Waals surface area (Å²) < 4.78 is 0. The molecule has 0 atom stereocenters. The number of nitrogens with one attached hydrogen (secondary N) is 2. The number of benzene rings is 2. The molecule has 1 heterocycles. The highest BCUT2D eigenvalue weighted by Crippen LogP contribution is 2.22. The molecule has 9 heteroatoms. The number of carbonyl (C=O) groups is 1. The van der Waals surface area contributed by atoms with E-state index in [-0.39, 0.29) is 45.0 Å². The number of aromatic hydroxyl groups is 1. The molecule has 0 unspecified atom stereocenters. The van der Waals surface area contributed by atoms with Crippen molar-refractivity contribution in [1.29, 1.82) is 0 Å². The fourth-order valence-electron chi connectivity index (χ4n) is 4.40. The standard InChI is InChI=1S/C23H26N4O5/c1-11-21(29)15(10-24-12-4-6-13(7-5-12)27(2)3)18-20(22(11)30)26-17-14(23(31)32)8-9-16(28)19(17)25-18/h8-10,12-13,24,26,29H,4-7H2,1-3H3,(H,31,32)/b15-10-. The molecule has 9 nitrogen and oxygen atoms in total. The van der Waals surface area contributed by atoms with Crippen LogP contribution in [0.3, 0.4) is 0 Å². The van der Waals surface area contributed by atoms with E-state index in [2.05, 4.69) is 34.3 Å². The normalized spacial score (nSPS) is 19.7. The Balaban J connectivity index is 1.87. The van der Waals surface area contributed by atoms with Crippen molar-refractivity contribution < 1.29 is 15.0 Å². The Morgan fingerprint density at radius 3 is 2.47 bits per heavy atom. The van der Waals surface area contributed by atoms with Crippen molar-refractivity contribution in [2.75, 3.05) is 14.1 Å². The first-order valence-electron chi connectivity index (χ1n) is 10.6. The first kappa shape index (κ1) is 21.8. The van der Waals surface area contributed by atoms with Crippen LogP contribution in [0.25, 0.3) is 28.3 Å². The highest BCUT2D eigenvalue weighted by atomic mass is 16.4. The number of carboxylic acids is 1. The van der Waals surface area contributed by atoms with E-state index in [4.69, 9.17) is 0 Å². The fourth-order valence-corrected chi connectivity index (χ4v) is 4.40. The summed E-state index contributed by atoms with van der Waals surface area (Å²) in [5.74, 6) is -1.45. The molecule has 168 valence electrons. The second-order valence-electron chi connectivity index (χ2n) is 8.60. The molecule has 3 aromatic rings. The van der Waals surface area contributed by atoms with Crippen LogP contribution in [0.2, 0.25) is 0 Å². The molecule has 4 rings (SSSR count). The molecule has 0 aliphatic heterocycles. The lowest BCUT2D eigenvalue weighted by molar-refractivity contribution is 0.0699. The lowest BCUT2D eigenvalue weighted by Crippen LogP contribution is -2.38. The summed E-state index contributed by atoms with van der Waals surface area (Å²) >= 11 is 0. The number of H-pyrrole nitrogens is 1. The third-order valence-electron chi connectivity index (χ3n) is 6.41.